The number of aryl methyl sites for hydroxylation is 2. The van der Waals surface area contributed by atoms with Gasteiger partial charge in [0.25, 0.3) is 0 Å². The fourth-order valence-corrected chi connectivity index (χ4v) is 4.28. The SMILES string of the molecule is Cc1ccc2nc(SCCC(=O)N3CC[C@H](CO)[C@H](O)C3)cc(C)c2c1. The number of β-amino-alcohol motifs (C(OH)–C–C–N with tert-alkyl or cyclic N) is 1. The number of pyridine rings is 1. The Morgan fingerprint density at radius 1 is 1.35 bits per heavy atom. The van der Waals surface area contributed by atoms with E-state index in [2.05, 4.69) is 37.0 Å². The molecule has 26 heavy (non-hydrogen) atoms. The van der Waals surface area contributed by atoms with Crippen LogP contribution in [0.1, 0.15) is 24.0 Å². The van der Waals surface area contributed by atoms with Gasteiger partial charge < -0.3 is 15.1 Å². The summed E-state index contributed by atoms with van der Waals surface area (Å²) in [7, 11) is 0. The minimum absolute atomic E-state index is 0.0223. The molecule has 1 amide bonds. The summed E-state index contributed by atoms with van der Waals surface area (Å²) in [4.78, 5) is 18.8. The van der Waals surface area contributed by atoms with Gasteiger partial charge in [-0.2, -0.15) is 0 Å². The van der Waals surface area contributed by atoms with Crippen LogP contribution in [0, 0.1) is 19.8 Å². The molecular weight excluding hydrogens is 348 g/mol. The summed E-state index contributed by atoms with van der Waals surface area (Å²) in [5.41, 5.74) is 3.40. The van der Waals surface area contributed by atoms with Crippen LogP contribution in [-0.2, 0) is 4.79 Å². The van der Waals surface area contributed by atoms with Crippen LogP contribution in [0.15, 0.2) is 29.3 Å². The molecule has 5 nitrogen and oxygen atoms in total. The van der Waals surface area contributed by atoms with E-state index >= 15 is 0 Å². The van der Waals surface area contributed by atoms with E-state index in [1.54, 1.807) is 16.7 Å². The van der Waals surface area contributed by atoms with Crippen molar-refractivity contribution in [3.05, 3.63) is 35.4 Å². The van der Waals surface area contributed by atoms with Gasteiger partial charge in [-0.25, -0.2) is 4.98 Å². The van der Waals surface area contributed by atoms with Crippen molar-refractivity contribution in [3.63, 3.8) is 0 Å². The van der Waals surface area contributed by atoms with Crippen LogP contribution in [0.5, 0.6) is 0 Å². The first-order chi connectivity index (χ1) is 12.5. The highest BCUT2D eigenvalue weighted by molar-refractivity contribution is 7.99. The number of aliphatic hydroxyl groups is 2. The molecular formula is C20H26N2O3S. The van der Waals surface area contributed by atoms with Gasteiger partial charge in [0.05, 0.1) is 16.6 Å². The molecule has 140 valence electrons. The summed E-state index contributed by atoms with van der Waals surface area (Å²) in [6.07, 6.45) is 0.452. The molecule has 2 aromatic rings. The van der Waals surface area contributed by atoms with E-state index in [4.69, 9.17) is 0 Å². The summed E-state index contributed by atoms with van der Waals surface area (Å²) < 4.78 is 0. The van der Waals surface area contributed by atoms with Crippen LogP contribution in [0.2, 0.25) is 0 Å². The van der Waals surface area contributed by atoms with Crippen LogP contribution in [0.4, 0.5) is 0 Å². The number of fused-ring (bicyclic) bond motifs is 1. The van der Waals surface area contributed by atoms with E-state index < -0.39 is 6.10 Å². The molecule has 1 aliphatic heterocycles. The maximum atomic E-state index is 12.4. The molecule has 1 aliphatic rings. The first kappa shape index (κ1) is 19.1. The van der Waals surface area contributed by atoms with E-state index in [1.165, 1.54) is 16.5 Å². The van der Waals surface area contributed by atoms with Crippen molar-refractivity contribution in [2.75, 3.05) is 25.4 Å². The number of hydrogen-bond donors (Lipinski definition) is 2. The van der Waals surface area contributed by atoms with Crippen molar-refractivity contribution in [2.24, 2.45) is 5.92 Å². The number of aliphatic hydroxyl groups excluding tert-OH is 2. The van der Waals surface area contributed by atoms with Gasteiger partial charge in [-0.1, -0.05) is 11.6 Å². The van der Waals surface area contributed by atoms with Crippen LogP contribution in [0.25, 0.3) is 10.9 Å². The topological polar surface area (TPSA) is 73.7 Å². The Morgan fingerprint density at radius 2 is 2.15 bits per heavy atom. The maximum Gasteiger partial charge on any atom is 0.223 e. The van der Waals surface area contributed by atoms with Crippen molar-refractivity contribution >= 4 is 28.6 Å². The molecule has 1 saturated heterocycles. The average molecular weight is 375 g/mol. The number of thioether (sulfide) groups is 1. The molecule has 0 spiro atoms. The lowest BCUT2D eigenvalue weighted by atomic mass is 9.94. The second kappa shape index (κ2) is 8.37. The zero-order valence-electron chi connectivity index (χ0n) is 15.3. The van der Waals surface area contributed by atoms with Gasteiger partial charge in [0.1, 0.15) is 0 Å². The number of nitrogens with zero attached hydrogens (tertiary/aromatic N) is 2. The molecule has 2 atom stereocenters. The summed E-state index contributed by atoms with van der Waals surface area (Å²) >= 11 is 1.59. The molecule has 2 heterocycles. The smallest absolute Gasteiger partial charge is 0.223 e. The predicted octanol–water partition coefficient (Wildman–Crippen LogP) is 2.54. The Labute approximate surface area is 158 Å². The molecule has 1 fully saturated rings. The molecule has 3 rings (SSSR count). The van der Waals surface area contributed by atoms with Gasteiger partial charge in [-0.15, -0.1) is 11.8 Å². The zero-order valence-corrected chi connectivity index (χ0v) is 16.1. The number of carbonyl (C=O) groups excluding carboxylic acids is 1. The number of carbonyl (C=O) groups is 1. The van der Waals surface area contributed by atoms with Gasteiger partial charge in [0.2, 0.25) is 5.91 Å². The molecule has 0 saturated carbocycles. The summed E-state index contributed by atoms with van der Waals surface area (Å²) in [6, 6.07) is 8.33. The van der Waals surface area contributed by atoms with E-state index in [1.807, 2.05) is 6.07 Å². The van der Waals surface area contributed by atoms with Gasteiger partial charge in [-0.3, -0.25) is 4.79 Å². The normalized spacial score (nSPS) is 20.5. The highest BCUT2D eigenvalue weighted by Crippen LogP contribution is 2.25. The summed E-state index contributed by atoms with van der Waals surface area (Å²) in [6.45, 7) is 5.07. The number of aromatic nitrogens is 1. The van der Waals surface area contributed by atoms with Crippen LogP contribution < -0.4 is 0 Å². The Balaban J connectivity index is 1.56. The third kappa shape index (κ3) is 4.37. The summed E-state index contributed by atoms with van der Waals surface area (Å²) in [5, 5.41) is 21.3. The van der Waals surface area contributed by atoms with Gasteiger partial charge >= 0.3 is 0 Å². The number of rotatable bonds is 5. The lowest BCUT2D eigenvalue weighted by Gasteiger charge is -2.35. The molecule has 1 aromatic carbocycles. The Morgan fingerprint density at radius 3 is 2.88 bits per heavy atom. The Kier molecular flexibility index (Phi) is 6.16. The third-order valence-corrected chi connectivity index (χ3v) is 5.94. The van der Waals surface area contributed by atoms with Crippen molar-refractivity contribution in [2.45, 2.75) is 37.8 Å². The number of likely N-dealkylation sites (tertiary alicyclic amines) is 1. The highest BCUT2D eigenvalue weighted by Gasteiger charge is 2.29. The maximum absolute atomic E-state index is 12.4. The average Bonchev–Trinajstić information content (AvgIpc) is 2.62. The molecule has 0 aliphatic carbocycles. The van der Waals surface area contributed by atoms with Crippen LogP contribution in [0.3, 0.4) is 0 Å². The van der Waals surface area contributed by atoms with Gasteiger partial charge in [0.15, 0.2) is 0 Å². The monoisotopic (exact) mass is 374 g/mol. The number of amides is 1. The second-order valence-corrected chi connectivity index (χ2v) is 8.15. The number of piperidine rings is 1. The van der Waals surface area contributed by atoms with E-state index in [9.17, 15) is 15.0 Å². The quantitative estimate of drug-likeness (QED) is 0.787. The molecule has 0 radical (unpaired) electrons. The Bertz CT molecular complexity index is 796. The third-order valence-electron chi connectivity index (χ3n) is 5.02. The standard InChI is InChI=1S/C20H26N2O3S/c1-13-3-4-17-16(9-13)14(2)10-19(21-17)26-8-6-20(25)22-7-5-15(12-23)18(24)11-22/h3-4,9-10,15,18,23-24H,5-8,11-12H2,1-2H3/t15-,18-/m1/s1. The first-order valence-electron chi connectivity index (χ1n) is 9.05. The lowest BCUT2D eigenvalue weighted by Crippen LogP contribution is -2.47. The minimum atomic E-state index is -0.626. The van der Waals surface area contributed by atoms with E-state index in [0.717, 1.165) is 10.5 Å². The molecule has 6 heteroatoms. The van der Waals surface area contributed by atoms with E-state index in [0.29, 0.717) is 31.7 Å². The predicted molar refractivity (Wildman–Crippen MR) is 104 cm³/mol. The second-order valence-electron chi connectivity index (χ2n) is 7.03. The van der Waals surface area contributed by atoms with E-state index in [-0.39, 0.29) is 18.4 Å². The van der Waals surface area contributed by atoms with Crippen molar-refractivity contribution < 1.29 is 15.0 Å². The Hall–Kier alpha value is -1.63. The van der Waals surface area contributed by atoms with Crippen molar-refractivity contribution in [1.29, 1.82) is 0 Å². The van der Waals surface area contributed by atoms with Crippen LogP contribution >= 0.6 is 11.8 Å². The van der Waals surface area contributed by atoms with Crippen molar-refractivity contribution in [3.8, 4) is 0 Å². The van der Waals surface area contributed by atoms with Gasteiger partial charge in [-0.05, 0) is 44.0 Å². The van der Waals surface area contributed by atoms with Crippen LogP contribution in [-0.4, -0.2) is 57.6 Å². The van der Waals surface area contributed by atoms with Gasteiger partial charge in [0, 0.05) is 43.2 Å². The molecule has 0 unspecified atom stereocenters. The number of benzene rings is 1. The minimum Gasteiger partial charge on any atom is -0.396 e. The number of hydrogen-bond acceptors (Lipinski definition) is 5. The molecule has 1 aromatic heterocycles. The largest absolute Gasteiger partial charge is 0.396 e. The molecule has 2 N–H and O–H groups in total. The summed E-state index contributed by atoms with van der Waals surface area (Å²) in [5.74, 6) is 0.612. The zero-order chi connectivity index (χ0) is 18.7. The first-order valence-corrected chi connectivity index (χ1v) is 10.0. The lowest BCUT2D eigenvalue weighted by molar-refractivity contribution is -0.135. The fourth-order valence-electron chi connectivity index (χ4n) is 3.37. The van der Waals surface area contributed by atoms with Crippen molar-refractivity contribution in [1.82, 2.24) is 9.88 Å². The highest BCUT2D eigenvalue weighted by atomic mass is 32.2. The molecule has 0 bridgehead atoms. The fraction of sp³-hybridized carbons (Fsp3) is 0.500.